The van der Waals surface area contributed by atoms with Crippen LogP contribution in [0.25, 0.3) is 10.9 Å². The highest BCUT2D eigenvalue weighted by molar-refractivity contribution is 6.13. The number of phenolic OH excluding ortho intramolecular Hbond substituents is 1. The molecule has 2 aromatic carbocycles. The summed E-state index contributed by atoms with van der Waals surface area (Å²) in [6, 6.07) is 9.83. The van der Waals surface area contributed by atoms with Gasteiger partial charge in [-0.1, -0.05) is 39.0 Å². The van der Waals surface area contributed by atoms with Crippen molar-refractivity contribution in [3.63, 3.8) is 0 Å². The molecule has 1 aliphatic heterocycles. The Labute approximate surface area is 226 Å². The number of nitrogens with one attached hydrogen (secondary N) is 1. The Morgan fingerprint density at radius 2 is 1.76 bits per heavy atom. The molecule has 10 heteroatoms. The molecule has 201 valence electrons. The van der Waals surface area contributed by atoms with Gasteiger partial charge in [-0.15, -0.1) is 12.4 Å². The molecule has 0 spiro atoms. The van der Waals surface area contributed by atoms with Gasteiger partial charge in [-0.2, -0.15) is 0 Å². The molecule has 0 saturated carbocycles. The van der Waals surface area contributed by atoms with E-state index in [1.807, 2.05) is 27.2 Å². The summed E-state index contributed by atoms with van der Waals surface area (Å²) >= 11 is 0. The van der Waals surface area contributed by atoms with Gasteiger partial charge >= 0.3 is 6.03 Å². The van der Waals surface area contributed by atoms with Crippen molar-refractivity contribution in [2.24, 2.45) is 5.73 Å². The van der Waals surface area contributed by atoms with Gasteiger partial charge in [-0.3, -0.25) is 9.59 Å². The molecule has 1 atom stereocenters. The van der Waals surface area contributed by atoms with Crippen molar-refractivity contribution in [1.82, 2.24) is 15.2 Å². The normalized spacial score (nSPS) is 15.9. The number of aromatic nitrogens is 1. The SMILES string of the molecule is CC(C)(C)c1ccc2cc(O)c(C(=O)c3ccc(C(=O)N[C@@H]4[CH]CN(C(N)=O)CCC4)cc3)c(F)c2n1.Cl. The number of carbonyl (C=O) groups is 3. The smallest absolute Gasteiger partial charge is 0.314 e. The Bertz CT molecular complexity index is 1370. The standard InChI is InChI=1S/C28H30FN4O4.ClH/c1-28(2,3)21-11-10-18-15-20(34)22(23(29)24(18)32-21)25(35)16-6-8-17(9-7-16)26(36)31-19-5-4-13-33(14-12-19)27(30)37;/h6-12,15,19,34H,4-5,13-14H2,1-3H3,(H2,30,37)(H,31,36);1H/t19-;/m0./s1. The van der Waals surface area contributed by atoms with Gasteiger partial charge in [0.1, 0.15) is 16.8 Å². The number of nitrogens with zero attached hydrogens (tertiary/aromatic N) is 2. The summed E-state index contributed by atoms with van der Waals surface area (Å²) in [4.78, 5) is 43.2. The van der Waals surface area contributed by atoms with Crippen LogP contribution < -0.4 is 11.1 Å². The molecule has 4 rings (SSSR count). The summed E-state index contributed by atoms with van der Waals surface area (Å²) in [5.74, 6) is -2.42. The van der Waals surface area contributed by atoms with Crippen LogP contribution in [-0.4, -0.2) is 51.8 Å². The van der Waals surface area contributed by atoms with Crippen molar-refractivity contribution >= 4 is 41.0 Å². The molecule has 0 bridgehead atoms. The maximum absolute atomic E-state index is 15.5. The highest BCUT2D eigenvalue weighted by atomic mass is 35.5. The largest absolute Gasteiger partial charge is 0.507 e. The van der Waals surface area contributed by atoms with Crippen LogP contribution in [0.1, 0.15) is 65.6 Å². The summed E-state index contributed by atoms with van der Waals surface area (Å²) < 4.78 is 15.5. The number of rotatable bonds is 4. The fourth-order valence-corrected chi connectivity index (χ4v) is 4.31. The molecule has 3 amide bonds. The minimum Gasteiger partial charge on any atom is -0.507 e. The fraction of sp³-hybridized carbons (Fsp3) is 0.321. The third-order valence-corrected chi connectivity index (χ3v) is 6.49. The highest BCUT2D eigenvalue weighted by Crippen LogP contribution is 2.32. The first-order valence-electron chi connectivity index (χ1n) is 12.1. The molecule has 8 nitrogen and oxygen atoms in total. The van der Waals surface area contributed by atoms with E-state index in [0.717, 1.165) is 0 Å². The summed E-state index contributed by atoms with van der Waals surface area (Å²) in [6.45, 7) is 6.73. The van der Waals surface area contributed by atoms with Crippen molar-refractivity contribution in [3.05, 3.63) is 77.1 Å². The number of phenols is 1. The lowest BCUT2D eigenvalue weighted by atomic mass is 9.91. The van der Waals surface area contributed by atoms with E-state index in [2.05, 4.69) is 10.3 Å². The molecular formula is C28H31ClFN4O4. The topological polar surface area (TPSA) is 126 Å². The number of primary amides is 1. The van der Waals surface area contributed by atoms with Crippen molar-refractivity contribution in [2.75, 3.05) is 13.1 Å². The number of fused-ring (bicyclic) bond motifs is 1. The van der Waals surface area contributed by atoms with Crippen molar-refractivity contribution in [1.29, 1.82) is 0 Å². The molecule has 2 heterocycles. The molecular weight excluding hydrogens is 511 g/mol. The molecule has 1 aromatic heterocycles. The third-order valence-electron chi connectivity index (χ3n) is 6.49. The van der Waals surface area contributed by atoms with E-state index in [-0.39, 0.29) is 40.9 Å². The third kappa shape index (κ3) is 6.05. The quantitative estimate of drug-likeness (QED) is 0.419. The lowest BCUT2D eigenvalue weighted by Crippen LogP contribution is -2.39. The van der Waals surface area contributed by atoms with E-state index >= 15 is 4.39 Å². The maximum atomic E-state index is 15.5. The van der Waals surface area contributed by atoms with Crippen LogP contribution in [0.3, 0.4) is 0 Å². The predicted octanol–water partition coefficient (Wildman–Crippen LogP) is 4.51. The van der Waals surface area contributed by atoms with Gasteiger partial charge in [-0.05, 0) is 37.1 Å². The molecule has 3 aromatic rings. The number of hydrogen-bond donors (Lipinski definition) is 3. The number of ketones is 1. The van der Waals surface area contributed by atoms with Gasteiger partial charge in [0.25, 0.3) is 5.91 Å². The van der Waals surface area contributed by atoms with Gasteiger partial charge in [-0.25, -0.2) is 14.2 Å². The number of aromatic hydroxyl groups is 1. The van der Waals surface area contributed by atoms with Gasteiger partial charge in [0, 0.05) is 53.2 Å². The second-order valence-corrected chi connectivity index (χ2v) is 10.3. The van der Waals surface area contributed by atoms with Crippen LogP contribution in [0.4, 0.5) is 9.18 Å². The monoisotopic (exact) mass is 541 g/mol. The highest BCUT2D eigenvalue weighted by Gasteiger charge is 2.25. The average molecular weight is 542 g/mol. The number of hydrogen-bond acceptors (Lipinski definition) is 5. The number of nitrogens with two attached hydrogens (primary N) is 1. The van der Waals surface area contributed by atoms with Crippen LogP contribution in [-0.2, 0) is 5.41 Å². The molecule has 1 saturated heterocycles. The number of likely N-dealkylation sites (tertiary alicyclic amines) is 1. The van der Waals surface area contributed by atoms with Crippen LogP contribution in [0.2, 0.25) is 0 Å². The van der Waals surface area contributed by atoms with Crippen molar-refractivity contribution in [2.45, 2.75) is 45.1 Å². The first-order valence-corrected chi connectivity index (χ1v) is 12.1. The van der Waals surface area contributed by atoms with Crippen LogP contribution >= 0.6 is 12.4 Å². The van der Waals surface area contributed by atoms with Crippen LogP contribution in [0, 0.1) is 12.2 Å². The fourth-order valence-electron chi connectivity index (χ4n) is 4.31. The van der Waals surface area contributed by atoms with E-state index in [4.69, 9.17) is 5.73 Å². The first-order chi connectivity index (χ1) is 17.5. The molecule has 0 aliphatic carbocycles. The van der Waals surface area contributed by atoms with Crippen LogP contribution in [0.15, 0.2) is 42.5 Å². The second kappa shape index (κ2) is 11.3. The Kier molecular flexibility index (Phi) is 8.61. The van der Waals surface area contributed by atoms with Crippen molar-refractivity contribution < 1.29 is 23.9 Å². The van der Waals surface area contributed by atoms with E-state index < -0.39 is 28.9 Å². The summed E-state index contributed by atoms with van der Waals surface area (Å²) in [5.41, 5.74) is 5.66. The zero-order chi connectivity index (χ0) is 26.9. The number of pyridine rings is 1. The minimum atomic E-state index is -0.887. The number of halogens is 2. The molecule has 1 aliphatic rings. The zero-order valence-electron chi connectivity index (χ0n) is 21.5. The van der Waals surface area contributed by atoms with Gasteiger partial charge in [0.05, 0.1) is 0 Å². The predicted molar refractivity (Wildman–Crippen MR) is 145 cm³/mol. The van der Waals surface area contributed by atoms with Gasteiger partial charge in [0.2, 0.25) is 0 Å². The van der Waals surface area contributed by atoms with E-state index in [1.54, 1.807) is 12.1 Å². The zero-order valence-corrected chi connectivity index (χ0v) is 22.3. The summed E-state index contributed by atoms with van der Waals surface area (Å²) in [6.07, 6.45) is 3.19. The maximum Gasteiger partial charge on any atom is 0.314 e. The Morgan fingerprint density at radius 3 is 2.39 bits per heavy atom. The van der Waals surface area contributed by atoms with Crippen LogP contribution in [0.5, 0.6) is 5.75 Å². The number of carbonyl (C=O) groups excluding carboxylic acids is 3. The Morgan fingerprint density at radius 1 is 1.11 bits per heavy atom. The molecule has 0 unspecified atom stereocenters. The van der Waals surface area contributed by atoms with Crippen molar-refractivity contribution in [3.8, 4) is 5.75 Å². The van der Waals surface area contributed by atoms with E-state index in [0.29, 0.717) is 42.6 Å². The molecule has 4 N–H and O–H groups in total. The van der Waals surface area contributed by atoms with E-state index in [9.17, 15) is 19.5 Å². The van der Waals surface area contributed by atoms with Gasteiger partial charge in [0.15, 0.2) is 11.6 Å². The number of amides is 3. The first kappa shape index (κ1) is 28.8. The lowest BCUT2D eigenvalue weighted by Gasteiger charge is -2.18. The lowest BCUT2D eigenvalue weighted by molar-refractivity contribution is 0.0939. The summed E-state index contributed by atoms with van der Waals surface area (Å²) in [5, 5.41) is 13.8. The number of urea groups is 1. The van der Waals surface area contributed by atoms with E-state index in [1.165, 1.54) is 35.2 Å². The Balaban J connectivity index is 0.00000400. The average Bonchev–Trinajstić information content (AvgIpc) is 3.09. The summed E-state index contributed by atoms with van der Waals surface area (Å²) in [7, 11) is 0. The molecule has 1 radical (unpaired) electrons. The Hall–Kier alpha value is -3.72. The van der Waals surface area contributed by atoms with Gasteiger partial charge < -0.3 is 21.1 Å². The molecule has 38 heavy (non-hydrogen) atoms. The second-order valence-electron chi connectivity index (χ2n) is 10.3. The minimum absolute atomic E-state index is 0. The number of benzene rings is 2. The molecule has 1 fully saturated rings.